The molecule has 0 aliphatic rings. The molecule has 1 rings (SSSR count). The molecule has 4 nitrogen and oxygen atoms in total. The summed E-state index contributed by atoms with van der Waals surface area (Å²) in [5.74, 6) is -0.586. The maximum Gasteiger partial charge on any atom is 0.348 e. The van der Waals surface area contributed by atoms with Crippen molar-refractivity contribution in [3.8, 4) is 6.07 Å². The van der Waals surface area contributed by atoms with Gasteiger partial charge in [0.2, 0.25) is 0 Å². The average Bonchev–Trinajstić information content (AvgIpc) is 2.36. The van der Waals surface area contributed by atoms with E-state index in [0.717, 1.165) is 11.3 Å². The van der Waals surface area contributed by atoms with E-state index in [-0.39, 0.29) is 12.2 Å². The third-order valence-electron chi connectivity index (χ3n) is 2.34. The van der Waals surface area contributed by atoms with E-state index in [2.05, 4.69) is 0 Å². The first-order valence-corrected chi connectivity index (χ1v) is 5.64. The van der Waals surface area contributed by atoms with Crippen molar-refractivity contribution in [2.24, 2.45) is 0 Å². The molecule has 1 aromatic carbocycles. The van der Waals surface area contributed by atoms with E-state index in [0.29, 0.717) is 0 Å². The number of carbonyl (C=O) groups excluding carboxylic acids is 1. The van der Waals surface area contributed by atoms with Crippen molar-refractivity contribution in [3.05, 3.63) is 35.4 Å². The molecule has 0 heterocycles. The second kappa shape index (κ2) is 6.45. The molecule has 0 atom stereocenters. The minimum absolute atomic E-state index is 0.00875. The van der Waals surface area contributed by atoms with E-state index in [1.807, 2.05) is 49.3 Å². The number of rotatable bonds is 4. The Morgan fingerprint density at radius 3 is 2.44 bits per heavy atom. The van der Waals surface area contributed by atoms with Crippen LogP contribution in [0.4, 0.5) is 5.69 Å². The summed E-state index contributed by atoms with van der Waals surface area (Å²) >= 11 is 0. The van der Waals surface area contributed by atoms with Crippen molar-refractivity contribution < 1.29 is 9.53 Å². The van der Waals surface area contributed by atoms with E-state index < -0.39 is 5.97 Å². The molecule has 0 radical (unpaired) electrons. The first kappa shape index (κ1) is 13.8. The van der Waals surface area contributed by atoms with E-state index in [4.69, 9.17) is 10.00 Å². The third-order valence-corrected chi connectivity index (χ3v) is 2.34. The van der Waals surface area contributed by atoms with Crippen molar-refractivity contribution in [3.63, 3.8) is 0 Å². The Morgan fingerprint density at radius 2 is 2.00 bits per heavy atom. The number of anilines is 1. The summed E-state index contributed by atoms with van der Waals surface area (Å²) in [6, 6.07) is 9.40. The standard InChI is InChI=1S/C14H16N2O2/c1-4-18-14(17)12(10-15)9-11-5-7-13(8-6-11)16(2)3/h5-9H,4H2,1-3H3/b12-9-. The van der Waals surface area contributed by atoms with Gasteiger partial charge in [-0.25, -0.2) is 4.79 Å². The van der Waals surface area contributed by atoms with E-state index in [9.17, 15) is 4.79 Å². The zero-order chi connectivity index (χ0) is 13.5. The van der Waals surface area contributed by atoms with Gasteiger partial charge >= 0.3 is 5.97 Å². The Bertz CT molecular complexity index is 482. The highest BCUT2D eigenvalue weighted by atomic mass is 16.5. The number of ether oxygens (including phenoxy) is 1. The zero-order valence-electron chi connectivity index (χ0n) is 10.8. The summed E-state index contributed by atoms with van der Waals surface area (Å²) in [5.41, 5.74) is 1.86. The first-order chi connectivity index (χ1) is 8.58. The Morgan fingerprint density at radius 1 is 1.39 bits per heavy atom. The smallest absolute Gasteiger partial charge is 0.348 e. The van der Waals surface area contributed by atoms with Gasteiger partial charge in [0.1, 0.15) is 11.6 Å². The van der Waals surface area contributed by atoms with Crippen molar-refractivity contribution in [1.29, 1.82) is 5.26 Å². The minimum Gasteiger partial charge on any atom is -0.462 e. The Kier molecular flexibility index (Phi) is 4.94. The zero-order valence-corrected chi connectivity index (χ0v) is 10.8. The van der Waals surface area contributed by atoms with Gasteiger partial charge in [-0.3, -0.25) is 0 Å². The van der Waals surface area contributed by atoms with Gasteiger partial charge in [0.25, 0.3) is 0 Å². The highest BCUT2D eigenvalue weighted by Crippen LogP contribution is 2.14. The predicted octanol–water partition coefficient (Wildman–Crippen LogP) is 2.22. The molecule has 0 aromatic heterocycles. The fraction of sp³-hybridized carbons (Fsp3) is 0.286. The molecule has 0 saturated carbocycles. The number of nitriles is 1. The predicted molar refractivity (Wildman–Crippen MR) is 71.0 cm³/mol. The molecule has 0 aliphatic carbocycles. The van der Waals surface area contributed by atoms with Crippen LogP contribution < -0.4 is 4.90 Å². The van der Waals surface area contributed by atoms with Gasteiger partial charge < -0.3 is 9.64 Å². The summed E-state index contributed by atoms with van der Waals surface area (Å²) in [6.07, 6.45) is 1.53. The second-order valence-corrected chi connectivity index (χ2v) is 3.88. The molecule has 0 N–H and O–H groups in total. The molecule has 18 heavy (non-hydrogen) atoms. The van der Waals surface area contributed by atoms with Crippen molar-refractivity contribution >= 4 is 17.7 Å². The number of benzene rings is 1. The summed E-state index contributed by atoms with van der Waals surface area (Å²) in [7, 11) is 3.90. The SMILES string of the molecule is CCOC(=O)/C(C#N)=C\c1ccc(N(C)C)cc1. The van der Waals surface area contributed by atoms with Crippen LogP contribution in [0.15, 0.2) is 29.8 Å². The lowest BCUT2D eigenvalue weighted by molar-refractivity contribution is -0.137. The van der Waals surface area contributed by atoms with Gasteiger partial charge in [0.15, 0.2) is 0 Å². The quantitative estimate of drug-likeness (QED) is 0.463. The van der Waals surface area contributed by atoms with Gasteiger partial charge in [-0.15, -0.1) is 0 Å². The molecule has 0 amide bonds. The van der Waals surface area contributed by atoms with Crippen LogP contribution in [0, 0.1) is 11.3 Å². The maximum absolute atomic E-state index is 11.4. The Hall–Kier alpha value is -2.28. The molecule has 0 fully saturated rings. The molecule has 0 unspecified atom stereocenters. The average molecular weight is 244 g/mol. The van der Waals surface area contributed by atoms with Crippen LogP contribution in [0.25, 0.3) is 6.08 Å². The Balaban J connectivity index is 2.93. The molecule has 0 spiro atoms. The van der Waals surface area contributed by atoms with Crippen LogP contribution in [0.1, 0.15) is 12.5 Å². The molecule has 0 saturated heterocycles. The summed E-state index contributed by atoms with van der Waals surface area (Å²) < 4.78 is 4.79. The molecule has 94 valence electrons. The lowest BCUT2D eigenvalue weighted by Gasteiger charge is -2.11. The fourth-order valence-corrected chi connectivity index (χ4v) is 1.38. The molecule has 1 aromatic rings. The van der Waals surface area contributed by atoms with E-state index in [1.165, 1.54) is 6.08 Å². The lowest BCUT2D eigenvalue weighted by Crippen LogP contribution is -2.08. The van der Waals surface area contributed by atoms with Crippen LogP contribution in [0.2, 0.25) is 0 Å². The number of nitrogens with zero attached hydrogens (tertiary/aromatic N) is 2. The number of hydrogen-bond acceptors (Lipinski definition) is 4. The highest BCUT2D eigenvalue weighted by Gasteiger charge is 2.09. The van der Waals surface area contributed by atoms with Gasteiger partial charge in [-0.2, -0.15) is 5.26 Å². The number of carbonyl (C=O) groups is 1. The number of esters is 1. The minimum atomic E-state index is -0.586. The largest absolute Gasteiger partial charge is 0.462 e. The molecular formula is C14H16N2O2. The lowest BCUT2D eigenvalue weighted by atomic mass is 10.1. The van der Waals surface area contributed by atoms with Crippen LogP contribution >= 0.6 is 0 Å². The van der Waals surface area contributed by atoms with Crippen LogP contribution in [0.3, 0.4) is 0 Å². The van der Waals surface area contributed by atoms with Crippen LogP contribution in [0.5, 0.6) is 0 Å². The van der Waals surface area contributed by atoms with Crippen LogP contribution in [-0.2, 0) is 9.53 Å². The monoisotopic (exact) mass is 244 g/mol. The van der Waals surface area contributed by atoms with Gasteiger partial charge in [0.05, 0.1) is 6.61 Å². The summed E-state index contributed by atoms with van der Waals surface area (Å²) in [4.78, 5) is 13.4. The Labute approximate surface area is 107 Å². The summed E-state index contributed by atoms with van der Waals surface area (Å²) in [5, 5.41) is 8.90. The third kappa shape index (κ3) is 3.63. The van der Waals surface area contributed by atoms with Crippen LogP contribution in [-0.4, -0.2) is 26.7 Å². The van der Waals surface area contributed by atoms with Gasteiger partial charge in [0, 0.05) is 19.8 Å². The molecule has 4 heteroatoms. The summed E-state index contributed by atoms with van der Waals surface area (Å²) in [6.45, 7) is 1.97. The fourth-order valence-electron chi connectivity index (χ4n) is 1.38. The molecular weight excluding hydrogens is 228 g/mol. The maximum atomic E-state index is 11.4. The van der Waals surface area contributed by atoms with Crippen molar-refractivity contribution in [2.45, 2.75) is 6.92 Å². The topological polar surface area (TPSA) is 53.3 Å². The van der Waals surface area contributed by atoms with Gasteiger partial charge in [-0.05, 0) is 30.7 Å². The highest BCUT2D eigenvalue weighted by molar-refractivity contribution is 5.97. The normalized spacial score (nSPS) is 10.7. The molecule has 0 bridgehead atoms. The van der Waals surface area contributed by atoms with Crippen molar-refractivity contribution in [1.82, 2.24) is 0 Å². The van der Waals surface area contributed by atoms with E-state index >= 15 is 0 Å². The van der Waals surface area contributed by atoms with E-state index in [1.54, 1.807) is 6.92 Å². The second-order valence-electron chi connectivity index (χ2n) is 3.88. The van der Waals surface area contributed by atoms with Gasteiger partial charge in [-0.1, -0.05) is 12.1 Å². The van der Waals surface area contributed by atoms with Crippen molar-refractivity contribution in [2.75, 3.05) is 25.6 Å². The first-order valence-electron chi connectivity index (χ1n) is 5.64. The molecule has 0 aliphatic heterocycles. The number of hydrogen-bond donors (Lipinski definition) is 0.